The molecular weight excluding hydrogens is 415 g/mol. The summed E-state index contributed by atoms with van der Waals surface area (Å²) in [5.74, 6) is 3.27. The van der Waals surface area contributed by atoms with Crippen molar-refractivity contribution >= 4 is 0 Å². The zero-order valence-corrected chi connectivity index (χ0v) is 19.6. The largest absolute Gasteiger partial charge is 0.694 e. The molecule has 0 aliphatic heterocycles. The Morgan fingerprint density at radius 3 is 1.93 bits per heavy atom. The quantitative estimate of drug-likeness (QED) is 0.263. The van der Waals surface area contributed by atoms with Crippen LogP contribution in [0.4, 0.5) is 8.78 Å². The molecule has 145 valence electrons. The van der Waals surface area contributed by atoms with E-state index < -0.39 is 11.6 Å². The second kappa shape index (κ2) is 12.1. The molecule has 0 aromatic heterocycles. The molecule has 0 saturated heterocycles. The minimum Gasteiger partial charge on any atom is -0.694 e. The molecule has 0 bridgehead atoms. The third kappa shape index (κ3) is 6.50. The van der Waals surface area contributed by atoms with E-state index in [1.807, 2.05) is 5.92 Å². The summed E-state index contributed by atoms with van der Waals surface area (Å²) in [5.41, 5.74) is 1.00. The maximum absolute atomic E-state index is 14.2. The van der Waals surface area contributed by atoms with Gasteiger partial charge in [-0.05, 0) is 100 Å². The van der Waals surface area contributed by atoms with Gasteiger partial charge in [0.15, 0.2) is 11.6 Å². The fraction of sp³-hybridized carbons (Fsp3) is 0.583. The van der Waals surface area contributed by atoms with Crippen LogP contribution in [-0.2, 0) is 32.7 Å². The van der Waals surface area contributed by atoms with Crippen molar-refractivity contribution in [2.45, 2.75) is 71.1 Å². The van der Waals surface area contributed by atoms with Gasteiger partial charge in [0, 0.05) is 32.7 Å². The van der Waals surface area contributed by atoms with Crippen LogP contribution in [0.25, 0.3) is 0 Å². The van der Waals surface area contributed by atoms with Crippen LogP contribution in [0.3, 0.4) is 0 Å². The molecule has 0 heterocycles. The summed E-state index contributed by atoms with van der Waals surface area (Å²) in [4.78, 5) is 0. The minimum atomic E-state index is -0.660. The average molecular weight is 446 g/mol. The summed E-state index contributed by atoms with van der Waals surface area (Å²) in [7, 11) is 0. The van der Waals surface area contributed by atoms with Crippen molar-refractivity contribution in [3.8, 4) is 5.92 Å². The van der Waals surface area contributed by atoms with Crippen LogP contribution >= 0.6 is 0 Å². The van der Waals surface area contributed by atoms with Gasteiger partial charge in [-0.15, -0.1) is 6.58 Å². The normalized spacial score (nSPS) is 27.4. The van der Waals surface area contributed by atoms with Crippen LogP contribution in [0, 0.1) is 48.7 Å². The molecule has 27 heavy (non-hydrogen) atoms. The van der Waals surface area contributed by atoms with Crippen molar-refractivity contribution in [1.29, 1.82) is 0 Å². The van der Waals surface area contributed by atoms with E-state index in [9.17, 15) is 8.78 Å². The van der Waals surface area contributed by atoms with Gasteiger partial charge in [0.05, 0.1) is 0 Å². The van der Waals surface area contributed by atoms with Crippen molar-refractivity contribution < 1.29 is 41.5 Å². The predicted octanol–water partition coefficient (Wildman–Crippen LogP) is 7.13. The van der Waals surface area contributed by atoms with Gasteiger partial charge in [-0.1, -0.05) is 18.2 Å². The van der Waals surface area contributed by atoms with Gasteiger partial charge < -0.3 is 12.3 Å². The standard InChI is InChI=1S/C21H28F2.C3H3.Y/c1-3-15-5-7-16(8-6-15)17-9-11-18(12-10-17)19-13-4-14(2)20(22)21(19)23;1-3-2;/h3-4,13,15-18H,1,5-12H2,2H3;1H3;/q;-1;. The summed E-state index contributed by atoms with van der Waals surface area (Å²) < 4.78 is 28.0. The second-order valence-electron chi connectivity index (χ2n) is 7.87. The van der Waals surface area contributed by atoms with E-state index in [4.69, 9.17) is 6.42 Å². The molecule has 0 nitrogen and oxygen atoms in total. The van der Waals surface area contributed by atoms with Gasteiger partial charge in [0.25, 0.3) is 0 Å². The molecule has 0 spiro atoms. The zero-order valence-electron chi connectivity index (χ0n) is 16.7. The second-order valence-corrected chi connectivity index (χ2v) is 7.87. The third-order valence-electron chi connectivity index (χ3n) is 6.33. The number of benzene rings is 1. The van der Waals surface area contributed by atoms with Gasteiger partial charge >= 0.3 is 0 Å². The first-order valence-corrected chi connectivity index (χ1v) is 9.92. The Labute approximate surface area is 189 Å². The monoisotopic (exact) mass is 446 g/mol. The fourth-order valence-electron chi connectivity index (χ4n) is 4.73. The van der Waals surface area contributed by atoms with Crippen LogP contribution in [0.5, 0.6) is 0 Å². The number of aryl methyl sites for hydroxylation is 1. The number of allylic oxidation sites excluding steroid dienone is 1. The fourth-order valence-corrected chi connectivity index (χ4v) is 4.73. The maximum Gasteiger partial charge on any atom is 0.162 e. The van der Waals surface area contributed by atoms with Gasteiger partial charge in [0.1, 0.15) is 0 Å². The molecule has 3 heteroatoms. The predicted molar refractivity (Wildman–Crippen MR) is 104 cm³/mol. The molecule has 0 atom stereocenters. The van der Waals surface area contributed by atoms with E-state index in [2.05, 4.69) is 12.7 Å². The molecule has 2 aliphatic rings. The molecule has 0 unspecified atom stereocenters. The van der Waals surface area contributed by atoms with E-state index in [0.29, 0.717) is 17.0 Å². The van der Waals surface area contributed by atoms with Gasteiger partial charge in [0.2, 0.25) is 0 Å². The van der Waals surface area contributed by atoms with E-state index in [1.54, 1.807) is 26.0 Å². The van der Waals surface area contributed by atoms with Gasteiger partial charge in [-0.25, -0.2) is 8.78 Å². The first kappa shape index (κ1) is 24.5. The Morgan fingerprint density at radius 2 is 1.44 bits per heavy atom. The van der Waals surface area contributed by atoms with E-state index in [1.165, 1.54) is 38.5 Å². The van der Waals surface area contributed by atoms with E-state index in [-0.39, 0.29) is 38.6 Å². The number of rotatable bonds is 3. The summed E-state index contributed by atoms with van der Waals surface area (Å²) in [6.07, 6.45) is 17.6. The van der Waals surface area contributed by atoms with Crippen LogP contribution < -0.4 is 0 Å². The van der Waals surface area contributed by atoms with Crippen molar-refractivity contribution in [3.05, 3.63) is 54.0 Å². The van der Waals surface area contributed by atoms with Crippen LogP contribution in [0.15, 0.2) is 24.8 Å². The van der Waals surface area contributed by atoms with Crippen molar-refractivity contribution in [2.75, 3.05) is 0 Å². The maximum atomic E-state index is 14.2. The molecule has 1 aromatic carbocycles. The summed E-state index contributed by atoms with van der Waals surface area (Å²) in [5, 5.41) is 0. The number of hydrogen-bond acceptors (Lipinski definition) is 0. The molecule has 1 radical (unpaired) electrons. The minimum absolute atomic E-state index is 0. The van der Waals surface area contributed by atoms with Crippen molar-refractivity contribution in [2.24, 2.45) is 17.8 Å². The van der Waals surface area contributed by atoms with Crippen LogP contribution in [-0.4, -0.2) is 0 Å². The van der Waals surface area contributed by atoms with E-state index >= 15 is 0 Å². The molecule has 1 aromatic rings. The average Bonchev–Trinajstić information content (AvgIpc) is 2.67. The summed E-state index contributed by atoms with van der Waals surface area (Å²) >= 11 is 0. The Balaban J connectivity index is 0.000000855. The number of halogens is 2. The Bertz CT molecular complexity index is 631. The van der Waals surface area contributed by atoms with Crippen LogP contribution in [0.1, 0.15) is 75.3 Å². The molecule has 2 aliphatic carbocycles. The zero-order chi connectivity index (χ0) is 19.1. The molecule has 2 saturated carbocycles. The molecule has 2 fully saturated rings. The first-order valence-electron chi connectivity index (χ1n) is 9.92. The SMILES string of the molecule is C=CC1CCC(C2CCC(c3ccc(C)c(F)c3F)CC2)CC1.[C-]#CC.[Y]. The Morgan fingerprint density at radius 1 is 0.963 bits per heavy atom. The van der Waals surface area contributed by atoms with Crippen molar-refractivity contribution in [1.82, 2.24) is 0 Å². The van der Waals surface area contributed by atoms with Crippen molar-refractivity contribution in [3.63, 3.8) is 0 Å². The Hall–Kier alpha value is -0.516. The molecule has 0 N–H and O–H groups in total. The third-order valence-corrected chi connectivity index (χ3v) is 6.33. The summed E-state index contributed by atoms with van der Waals surface area (Å²) in [6.45, 7) is 7.09. The number of hydrogen-bond donors (Lipinski definition) is 0. The van der Waals surface area contributed by atoms with Crippen LogP contribution in [0.2, 0.25) is 0 Å². The van der Waals surface area contributed by atoms with Gasteiger partial charge in [-0.2, -0.15) is 0 Å². The van der Waals surface area contributed by atoms with Gasteiger partial charge in [-0.3, -0.25) is 0 Å². The molecule has 0 amide bonds. The summed E-state index contributed by atoms with van der Waals surface area (Å²) in [6, 6.07) is 3.52. The Kier molecular flexibility index (Phi) is 11.0. The smallest absolute Gasteiger partial charge is 0.162 e. The first-order chi connectivity index (χ1) is 12.5. The molecular formula is C24H31F2Y-. The van der Waals surface area contributed by atoms with E-state index in [0.717, 1.165) is 24.7 Å². The topological polar surface area (TPSA) is 0 Å². The molecule has 3 rings (SSSR count).